The molecule has 0 bridgehead atoms. The van der Waals surface area contributed by atoms with E-state index < -0.39 is 16.1 Å². The number of carbonyl (C=O) groups is 2. The zero-order chi connectivity index (χ0) is 27.8. The van der Waals surface area contributed by atoms with Crippen LogP contribution in [0.5, 0.6) is 0 Å². The third-order valence-electron chi connectivity index (χ3n) is 6.00. The number of aryl methyl sites for hydroxylation is 1. The van der Waals surface area contributed by atoms with Crippen LogP contribution >= 0.6 is 23.2 Å². The third-order valence-corrected chi connectivity index (χ3v) is 7.74. The lowest BCUT2D eigenvalue weighted by atomic mass is 10.0. The third kappa shape index (κ3) is 9.20. The maximum Gasteiger partial charge on any atom is 0.242 e. The fourth-order valence-electron chi connectivity index (χ4n) is 3.97. The van der Waals surface area contributed by atoms with Gasteiger partial charge in [0.15, 0.2) is 0 Å². The van der Waals surface area contributed by atoms with Crippen LogP contribution in [-0.2, 0) is 26.2 Å². The van der Waals surface area contributed by atoms with Crippen molar-refractivity contribution in [3.05, 3.63) is 63.6 Å². The van der Waals surface area contributed by atoms with Crippen molar-refractivity contribution in [2.45, 2.75) is 59.5 Å². The Morgan fingerprint density at radius 1 is 1.08 bits per heavy atom. The quantitative estimate of drug-likeness (QED) is 0.348. The van der Waals surface area contributed by atoms with Gasteiger partial charge in [0.05, 0.1) is 17.0 Å². The molecule has 7 nitrogen and oxygen atoms in total. The molecule has 0 aromatic heterocycles. The Labute approximate surface area is 231 Å². The SMILES string of the molecule is CC[C@@H](C(=O)NCC(C)C)N(Cc1ccccc1C)C(=O)CCCN(c1cc(Cl)ccc1Cl)S(C)(=O)=O. The van der Waals surface area contributed by atoms with E-state index in [1.807, 2.05) is 52.0 Å². The number of carbonyl (C=O) groups excluding carboxylic acids is 2. The Hall–Kier alpha value is -2.29. The summed E-state index contributed by atoms with van der Waals surface area (Å²) in [6, 6.07) is 11.7. The summed E-state index contributed by atoms with van der Waals surface area (Å²) in [6.07, 6.45) is 1.84. The molecular formula is C27H37Cl2N3O4S. The summed E-state index contributed by atoms with van der Waals surface area (Å²) in [4.78, 5) is 28.2. The summed E-state index contributed by atoms with van der Waals surface area (Å²) in [7, 11) is -3.68. The molecule has 0 fully saturated rings. The first kappa shape index (κ1) is 30.9. The zero-order valence-electron chi connectivity index (χ0n) is 22.1. The van der Waals surface area contributed by atoms with Crippen LogP contribution in [-0.4, -0.2) is 50.5 Å². The molecule has 10 heteroatoms. The van der Waals surface area contributed by atoms with Crippen molar-refractivity contribution in [2.75, 3.05) is 23.7 Å². The number of sulfonamides is 1. The molecular weight excluding hydrogens is 533 g/mol. The van der Waals surface area contributed by atoms with Gasteiger partial charge in [-0.15, -0.1) is 0 Å². The molecule has 0 aliphatic carbocycles. The number of benzene rings is 2. The van der Waals surface area contributed by atoms with Gasteiger partial charge in [-0.25, -0.2) is 8.42 Å². The Bertz CT molecular complexity index is 1190. The van der Waals surface area contributed by atoms with Gasteiger partial charge in [-0.1, -0.05) is 68.2 Å². The van der Waals surface area contributed by atoms with Crippen LogP contribution < -0.4 is 9.62 Å². The van der Waals surface area contributed by atoms with Crippen molar-refractivity contribution in [3.8, 4) is 0 Å². The standard InChI is InChI=1S/C27H37Cl2N3O4S/c1-6-24(27(34)30-17-19(2)3)31(18-21-11-8-7-10-20(21)4)26(33)12-9-15-32(37(5,35)36)25-16-22(28)13-14-23(25)29/h7-8,10-11,13-14,16,19,24H,6,9,12,15,17-18H2,1-5H3,(H,30,34)/t24-/m0/s1. The molecule has 0 saturated carbocycles. The predicted molar refractivity (Wildman–Crippen MR) is 152 cm³/mol. The Morgan fingerprint density at radius 3 is 2.35 bits per heavy atom. The average molecular weight is 571 g/mol. The van der Waals surface area contributed by atoms with Gasteiger partial charge in [0.1, 0.15) is 6.04 Å². The first-order valence-electron chi connectivity index (χ1n) is 12.4. The summed E-state index contributed by atoms with van der Waals surface area (Å²) in [5, 5.41) is 3.55. The molecule has 2 rings (SSSR count). The Balaban J connectivity index is 2.25. The highest BCUT2D eigenvalue weighted by molar-refractivity contribution is 7.92. The molecule has 1 N–H and O–H groups in total. The van der Waals surface area contributed by atoms with Gasteiger partial charge in [0.2, 0.25) is 21.8 Å². The van der Waals surface area contributed by atoms with Gasteiger partial charge in [-0.2, -0.15) is 0 Å². The average Bonchev–Trinajstić information content (AvgIpc) is 2.82. The largest absolute Gasteiger partial charge is 0.354 e. The topological polar surface area (TPSA) is 86.8 Å². The van der Waals surface area contributed by atoms with E-state index >= 15 is 0 Å². The zero-order valence-corrected chi connectivity index (χ0v) is 24.5. The van der Waals surface area contributed by atoms with E-state index in [1.54, 1.807) is 11.0 Å². The molecule has 0 aliphatic rings. The number of amides is 2. The number of rotatable bonds is 13. The summed E-state index contributed by atoms with van der Waals surface area (Å²) < 4.78 is 26.2. The van der Waals surface area contributed by atoms with E-state index in [9.17, 15) is 18.0 Å². The molecule has 0 heterocycles. The van der Waals surface area contributed by atoms with E-state index in [-0.39, 0.29) is 54.4 Å². The summed E-state index contributed by atoms with van der Waals surface area (Å²) >= 11 is 12.3. The molecule has 204 valence electrons. The van der Waals surface area contributed by atoms with Crippen molar-refractivity contribution in [1.82, 2.24) is 10.2 Å². The minimum Gasteiger partial charge on any atom is -0.354 e. The van der Waals surface area contributed by atoms with Crippen molar-refractivity contribution >= 4 is 50.7 Å². The van der Waals surface area contributed by atoms with E-state index in [2.05, 4.69) is 5.32 Å². The maximum absolute atomic E-state index is 13.5. The molecule has 37 heavy (non-hydrogen) atoms. The lowest BCUT2D eigenvalue weighted by Crippen LogP contribution is -2.49. The second-order valence-electron chi connectivity index (χ2n) is 9.55. The fourth-order valence-corrected chi connectivity index (χ4v) is 5.38. The van der Waals surface area contributed by atoms with Crippen molar-refractivity contribution < 1.29 is 18.0 Å². The number of hydrogen-bond donors (Lipinski definition) is 1. The second-order valence-corrected chi connectivity index (χ2v) is 12.3. The van der Waals surface area contributed by atoms with Crippen LogP contribution in [0, 0.1) is 12.8 Å². The van der Waals surface area contributed by atoms with Gasteiger partial charge in [-0.05, 0) is 55.0 Å². The van der Waals surface area contributed by atoms with Gasteiger partial charge in [-0.3, -0.25) is 13.9 Å². The Morgan fingerprint density at radius 2 is 1.76 bits per heavy atom. The molecule has 0 radical (unpaired) electrons. The van der Waals surface area contributed by atoms with Crippen molar-refractivity contribution in [3.63, 3.8) is 0 Å². The maximum atomic E-state index is 13.5. The van der Waals surface area contributed by atoms with Gasteiger partial charge in [0, 0.05) is 31.1 Å². The molecule has 2 aromatic rings. The van der Waals surface area contributed by atoms with Crippen molar-refractivity contribution in [2.24, 2.45) is 5.92 Å². The molecule has 0 aliphatic heterocycles. The predicted octanol–water partition coefficient (Wildman–Crippen LogP) is 5.43. The minimum absolute atomic E-state index is 0.0409. The molecule has 2 amide bonds. The van der Waals surface area contributed by atoms with Gasteiger partial charge in [0.25, 0.3) is 0 Å². The molecule has 0 unspecified atom stereocenters. The van der Waals surface area contributed by atoms with Crippen LogP contribution in [0.25, 0.3) is 0 Å². The number of nitrogens with zero attached hydrogens (tertiary/aromatic N) is 2. The van der Waals surface area contributed by atoms with Crippen molar-refractivity contribution in [1.29, 1.82) is 0 Å². The first-order chi connectivity index (χ1) is 17.3. The summed E-state index contributed by atoms with van der Waals surface area (Å²) in [5.41, 5.74) is 2.24. The second kappa shape index (κ2) is 14.0. The molecule has 0 spiro atoms. The van der Waals surface area contributed by atoms with Gasteiger partial charge >= 0.3 is 0 Å². The van der Waals surface area contributed by atoms with Crippen LogP contribution in [0.1, 0.15) is 51.2 Å². The Kier molecular flexibility index (Phi) is 11.7. The fraction of sp³-hybridized carbons (Fsp3) is 0.481. The number of anilines is 1. The normalized spacial score (nSPS) is 12.3. The highest BCUT2D eigenvalue weighted by Gasteiger charge is 2.29. The molecule has 1 atom stereocenters. The van der Waals surface area contributed by atoms with Gasteiger partial charge < -0.3 is 10.2 Å². The van der Waals surface area contributed by atoms with Crippen LogP contribution in [0.4, 0.5) is 5.69 Å². The molecule has 2 aromatic carbocycles. The number of nitrogens with one attached hydrogen (secondary N) is 1. The van der Waals surface area contributed by atoms with Crippen LogP contribution in [0.3, 0.4) is 0 Å². The summed E-state index contributed by atoms with van der Waals surface area (Å²) in [5.74, 6) is -0.135. The smallest absolute Gasteiger partial charge is 0.242 e. The van der Waals surface area contributed by atoms with Crippen LogP contribution in [0.2, 0.25) is 10.0 Å². The number of hydrogen-bond acceptors (Lipinski definition) is 4. The first-order valence-corrected chi connectivity index (χ1v) is 15.0. The van der Waals surface area contributed by atoms with E-state index in [1.165, 1.54) is 12.1 Å². The number of halogens is 2. The van der Waals surface area contributed by atoms with E-state index in [0.717, 1.165) is 21.7 Å². The highest BCUT2D eigenvalue weighted by atomic mass is 35.5. The van der Waals surface area contributed by atoms with E-state index in [4.69, 9.17) is 23.2 Å². The monoisotopic (exact) mass is 569 g/mol. The lowest BCUT2D eigenvalue weighted by Gasteiger charge is -2.32. The summed E-state index contributed by atoms with van der Waals surface area (Å²) in [6.45, 7) is 8.72. The lowest BCUT2D eigenvalue weighted by molar-refractivity contribution is -0.141. The molecule has 0 saturated heterocycles. The minimum atomic E-state index is -3.68. The highest BCUT2D eigenvalue weighted by Crippen LogP contribution is 2.31. The van der Waals surface area contributed by atoms with E-state index in [0.29, 0.717) is 18.0 Å². The van der Waals surface area contributed by atoms with Crippen LogP contribution in [0.15, 0.2) is 42.5 Å².